The van der Waals surface area contributed by atoms with Crippen molar-refractivity contribution in [1.82, 2.24) is 10.2 Å². The largest absolute Gasteiger partial charge is 0.384 e. The number of carbonyl (C=O) groups excluding carboxylic acids is 1. The molecule has 170 valence electrons. The van der Waals surface area contributed by atoms with Gasteiger partial charge in [-0.1, -0.05) is 83.3 Å². The zero-order valence-electron chi connectivity index (χ0n) is 18.7. The molecule has 2 heterocycles. The van der Waals surface area contributed by atoms with Crippen LogP contribution in [0.3, 0.4) is 0 Å². The number of benzene rings is 2. The Morgan fingerprint density at radius 1 is 1.18 bits per heavy atom. The molecule has 1 atom stereocenters. The molecule has 0 spiro atoms. The molecule has 34 heavy (non-hydrogen) atoms. The Balaban J connectivity index is 1.54. The van der Waals surface area contributed by atoms with Crippen molar-refractivity contribution in [2.75, 3.05) is 4.90 Å². The summed E-state index contributed by atoms with van der Waals surface area (Å²) >= 11 is 3.04. The number of ketones is 1. The van der Waals surface area contributed by atoms with Crippen molar-refractivity contribution in [2.45, 2.75) is 42.2 Å². The molecule has 8 heteroatoms. The number of carbonyl (C=O) groups is 1. The zero-order chi connectivity index (χ0) is 23.7. The number of nitrogens with zero attached hydrogens (tertiary/aromatic N) is 4. The number of anilines is 1. The molecule has 0 saturated carbocycles. The molecule has 0 radical (unpaired) electrons. The fourth-order valence-corrected chi connectivity index (χ4v) is 6.39. The minimum Gasteiger partial charge on any atom is -0.384 e. The first-order valence-corrected chi connectivity index (χ1v) is 12.9. The highest BCUT2D eigenvalue weighted by Crippen LogP contribution is 2.47. The third-order valence-corrected chi connectivity index (χ3v) is 8.19. The lowest BCUT2D eigenvalue weighted by atomic mass is 9.75. The minimum atomic E-state index is -0.455. The van der Waals surface area contributed by atoms with E-state index < -0.39 is 5.92 Å². The first-order valence-electron chi connectivity index (χ1n) is 11.1. The van der Waals surface area contributed by atoms with E-state index >= 15 is 0 Å². The van der Waals surface area contributed by atoms with Crippen molar-refractivity contribution in [3.63, 3.8) is 0 Å². The van der Waals surface area contributed by atoms with Crippen molar-refractivity contribution in [1.29, 1.82) is 5.26 Å². The third kappa shape index (κ3) is 4.13. The van der Waals surface area contributed by atoms with Crippen LogP contribution >= 0.6 is 23.1 Å². The molecular weight excluding hydrogens is 462 g/mol. The van der Waals surface area contributed by atoms with Crippen LogP contribution in [-0.4, -0.2) is 16.0 Å². The fourth-order valence-electron chi connectivity index (χ4n) is 4.56. The first-order chi connectivity index (χ1) is 16.6. The molecule has 1 aromatic heterocycles. The minimum absolute atomic E-state index is 0.0706. The van der Waals surface area contributed by atoms with Crippen molar-refractivity contribution in [3.8, 4) is 6.07 Å². The second kappa shape index (κ2) is 9.45. The van der Waals surface area contributed by atoms with Gasteiger partial charge in [0.2, 0.25) is 5.13 Å². The van der Waals surface area contributed by atoms with Gasteiger partial charge in [0.15, 0.2) is 10.1 Å². The van der Waals surface area contributed by atoms with Gasteiger partial charge < -0.3 is 5.73 Å². The lowest BCUT2D eigenvalue weighted by Crippen LogP contribution is -2.38. The molecule has 1 aliphatic heterocycles. The molecule has 3 aromatic rings. The Hall–Kier alpha value is -3.41. The van der Waals surface area contributed by atoms with Crippen molar-refractivity contribution in [2.24, 2.45) is 5.73 Å². The van der Waals surface area contributed by atoms with E-state index in [0.29, 0.717) is 34.9 Å². The van der Waals surface area contributed by atoms with Gasteiger partial charge in [-0.3, -0.25) is 9.69 Å². The molecule has 2 aliphatic rings. The summed E-state index contributed by atoms with van der Waals surface area (Å²) in [6, 6.07) is 20.4. The summed E-state index contributed by atoms with van der Waals surface area (Å²) in [5.41, 5.74) is 11.7. The molecule has 0 fully saturated rings. The van der Waals surface area contributed by atoms with Crippen LogP contribution in [0.25, 0.3) is 0 Å². The van der Waals surface area contributed by atoms with E-state index in [2.05, 4.69) is 28.4 Å². The number of hydrogen-bond donors (Lipinski definition) is 1. The van der Waals surface area contributed by atoms with Gasteiger partial charge in [0, 0.05) is 23.4 Å². The molecule has 1 unspecified atom stereocenters. The molecular formula is C26H23N5OS2. The Bertz CT molecular complexity index is 1350. The summed E-state index contributed by atoms with van der Waals surface area (Å²) in [5.74, 6) is 0.731. The van der Waals surface area contributed by atoms with Crippen LogP contribution in [-0.2, 0) is 10.5 Å². The Morgan fingerprint density at radius 2 is 2.00 bits per heavy atom. The summed E-state index contributed by atoms with van der Waals surface area (Å²) in [6.45, 7) is 2.01. The molecule has 0 bridgehead atoms. The number of hydrogen-bond acceptors (Lipinski definition) is 8. The molecule has 6 nitrogen and oxygen atoms in total. The highest BCUT2D eigenvalue weighted by Gasteiger charge is 2.41. The number of nitrogens with two attached hydrogens (primary N) is 1. The van der Waals surface area contributed by atoms with Crippen LogP contribution in [0.4, 0.5) is 5.13 Å². The normalized spacial score (nSPS) is 18.2. The number of rotatable bonds is 5. The van der Waals surface area contributed by atoms with Crippen LogP contribution in [0.1, 0.15) is 41.9 Å². The van der Waals surface area contributed by atoms with E-state index in [9.17, 15) is 10.1 Å². The monoisotopic (exact) mass is 485 g/mol. The third-order valence-electron chi connectivity index (χ3n) is 6.08. The summed E-state index contributed by atoms with van der Waals surface area (Å²) in [5, 5.41) is 19.5. The molecule has 2 aromatic carbocycles. The summed E-state index contributed by atoms with van der Waals surface area (Å²) in [6.07, 6.45) is 1.93. The Labute approximate surface area is 206 Å². The summed E-state index contributed by atoms with van der Waals surface area (Å²) in [7, 11) is 0. The Kier molecular flexibility index (Phi) is 6.22. The molecule has 0 amide bonds. The van der Waals surface area contributed by atoms with E-state index in [1.165, 1.54) is 16.9 Å². The second-order valence-corrected chi connectivity index (χ2v) is 10.5. The molecule has 2 N–H and O–H groups in total. The van der Waals surface area contributed by atoms with Crippen LogP contribution in [0.15, 0.2) is 81.6 Å². The number of allylic oxidation sites excluding steroid dienone is 3. The van der Waals surface area contributed by atoms with Crippen LogP contribution in [0.2, 0.25) is 0 Å². The smallest absolute Gasteiger partial charge is 0.219 e. The predicted octanol–water partition coefficient (Wildman–Crippen LogP) is 5.44. The van der Waals surface area contributed by atoms with Crippen molar-refractivity contribution < 1.29 is 4.79 Å². The van der Waals surface area contributed by atoms with Gasteiger partial charge in [-0.2, -0.15) is 5.26 Å². The van der Waals surface area contributed by atoms with Crippen LogP contribution in [0.5, 0.6) is 0 Å². The molecule has 5 rings (SSSR count). The standard InChI is InChI=1S/C26H23N5OS2/c1-16-7-5-10-18(13-16)22-19(14-27)24(28)31(20-11-6-12-21(32)23(20)22)25-29-30-26(34-25)33-15-17-8-3-2-4-9-17/h2-5,7-10,13,22H,6,11-12,15,28H2,1H3. The van der Waals surface area contributed by atoms with Crippen molar-refractivity contribution in [3.05, 3.63) is 94.0 Å². The second-order valence-electron chi connectivity index (χ2n) is 8.36. The molecule has 1 aliphatic carbocycles. The number of aryl methyl sites for hydroxylation is 1. The van der Waals surface area contributed by atoms with Gasteiger partial charge in [-0.05, 0) is 30.9 Å². The van der Waals surface area contributed by atoms with E-state index in [4.69, 9.17) is 5.73 Å². The molecule has 0 saturated heterocycles. The Morgan fingerprint density at radius 3 is 2.76 bits per heavy atom. The average Bonchev–Trinajstić information content (AvgIpc) is 3.31. The number of nitriles is 1. The first kappa shape index (κ1) is 22.4. The lowest BCUT2D eigenvalue weighted by Gasteiger charge is -2.38. The van der Waals surface area contributed by atoms with Gasteiger partial charge in [0.1, 0.15) is 5.82 Å². The summed E-state index contributed by atoms with van der Waals surface area (Å²) in [4.78, 5) is 15.0. The summed E-state index contributed by atoms with van der Waals surface area (Å²) < 4.78 is 0.815. The van der Waals surface area contributed by atoms with Gasteiger partial charge in [-0.15, -0.1) is 10.2 Å². The van der Waals surface area contributed by atoms with Gasteiger partial charge >= 0.3 is 0 Å². The van der Waals surface area contributed by atoms with Gasteiger partial charge in [-0.25, -0.2) is 0 Å². The van der Waals surface area contributed by atoms with Crippen LogP contribution in [0, 0.1) is 18.3 Å². The van der Waals surface area contributed by atoms with Gasteiger partial charge in [0.25, 0.3) is 0 Å². The van der Waals surface area contributed by atoms with E-state index in [-0.39, 0.29) is 5.78 Å². The number of thioether (sulfide) groups is 1. The maximum absolute atomic E-state index is 13.2. The van der Waals surface area contributed by atoms with E-state index in [0.717, 1.165) is 33.3 Å². The number of aromatic nitrogens is 2. The zero-order valence-corrected chi connectivity index (χ0v) is 20.3. The van der Waals surface area contributed by atoms with Crippen molar-refractivity contribution >= 4 is 34.0 Å². The van der Waals surface area contributed by atoms with Crippen LogP contribution < -0.4 is 10.6 Å². The van der Waals surface area contributed by atoms with Gasteiger partial charge in [0.05, 0.1) is 17.6 Å². The quantitative estimate of drug-likeness (QED) is 0.481. The SMILES string of the molecule is Cc1cccc(C2C(C#N)=C(N)N(c3nnc(SCc4ccccc4)s3)C3=C2C(=O)CCC3)c1. The number of Topliss-reactive ketones (excluding diaryl/α,β-unsaturated/α-hetero) is 1. The lowest BCUT2D eigenvalue weighted by molar-refractivity contribution is -0.116. The highest BCUT2D eigenvalue weighted by molar-refractivity contribution is 8.00. The predicted molar refractivity (Wildman–Crippen MR) is 135 cm³/mol. The van der Waals surface area contributed by atoms with E-state index in [1.807, 2.05) is 49.4 Å². The average molecular weight is 486 g/mol. The fraction of sp³-hybridized carbons (Fsp3) is 0.231. The highest BCUT2D eigenvalue weighted by atomic mass is 32.2. The maximum atomic E-state index is 13.2. The topological polar surface area (TPSA) is 95.9 Å². The van der Waals surface area contributed by atoms with E-state index in [1.54, 1.807) is 16.7 Å². The maximum Gasteiger partial charge on any atom is 0.219 e.